The predicted molar refractivity (Wildman–Crippen MR) is 86.2 cm³/mol. The number of aromatic nitrogens is 2. The van der Waals surface area contributed by atoms with Crippen LogP contribution in [0.4, 0.5) is 0 Å². The third-order valence-corrected chi connectivity index (χ3v) is 3.65. The highest BCUT2D eigenvalue weighted by Crippen LogP contribution is 2.25. The molecule has 2 rings (SSSR count). The van der Waals surface area contributed by atoms with Gasteiger partial charge in [-0.25, -0.2) is 0 Å². The second kappa shape index (κ2) is 6.30. The summed E-state index contributed by atoms with van der Waals surface area (Å²) in [6.45, 7) is 6.81. The maximum absolute atomic E-state index is 12.1. The normalized spacial score (nSPS) is 11.1. The van der Waals surface area contributed by atoms with E-state index in [-0.39, 0.29) is 18.6 Å². The van der Waals surface area contributed by atoms with E-state index in [1.807, 2.05) is 43.5 Å². The van der Waals surface area contributed by atoms with E-state index in [1.165, 1.54) is 0 Å². The zero-order valence-corrected chi connectivity index (χ0v) is 13.7. The van der Waals surface area contributed by atoms with Gasteiger partial charge in [0, 0.05) is 13.6 Å². The van der Waals surface area contributed by atoms with Gasteiger partial charge in [0.2, 0.25) is 5.91 Å². The second-order valence-corrected chi connectivity index (χ2v) is 5.63. The molecule has 5 nitrogen and oxygen atoms in total. The summed E-state index contributed by atoms with van der Waals surface area (Å²) in [6, 6.07) is 5.75. The van der Waals surface area contributed by atoms with E-state index >= 15 is 0 Å². The van der Waals surface area contributed by atoms with Crippen molar-refractivity contribution in [2.75, 3.05) is 13.6 Å². The molecular formula is C15H21N3O2S. The first-order valence-electron chi connectivity index (χ1n) is 7.06. The molecule has 0 saturated heterocycles. The van der Waals surface area contributed by atoms with Crippen LogP contribution >= 0.6 is 12.2 Å². The molecule has 2 aromatic rings. The highest BCUT2D eigenvalue weighted by molar-refractivity contribution is 7.71. The Hall–Kier alpha value is -1.82. The van der Waals surface area contributed by atoms with Gasteiger partial charge in [-0.2, -0.15) is 0 Å². The van der Waals surface area contributed by atoms with Crippen LogP contribution in [0, 0.1) is 4.77 Å². The quantitative estimate of drug-likeness (QED) is 0.864. The number of hydrogen-bond donors (Lipinski definition) is 1. The van der Waals surface area contributed by atoms with Crippen LogP contribution in [0.3, 0.4) is 0 Å². The number of rotatable bonds is 5. The third kappa shape index (κ3) is 3.26. The number of benzene rings is 1. The molecule has 0 unspecified atom stereocenters. The van der Waals surface area contributed by atoms with Gasteiger partial charge in [0.05, 0.1) is 11.6 Å². The zero-order chi connectivity index (χ0) is 15.6. The number of H-pyrrole nitrogens is 1. The number of amides is 1. The van der Waals surface area contributed by atoms with Crippen molar-refractivity contribution >= 4 is 29.2 Å². The Bertz CT molecular complexity index is 702. The van der Waals surface area contributed by atoms with Crippen molar-refractivity contribution in [3.05, 3.63) is 23.0 Å². The number of imidazole rings is 1. The van der Waals surface area contributed by atoms with Gasteiger partial charge in [-0.1, -0.05) is 6.07 Å². The summed E-state index contributed by atoms with van der Waals surface area (Å²) in [4.78, 5) is 16.9. The summed E-state index contributed by atoms with van der Waals surface area (Å²) in [5.74, 6) is 0.785. The van der Waals surface area contributed by atoms with Gasteiger partial charge in [0.25, 0.3) is 0 Å². The molecule has 0 fully saturated rings. The third-order valence-electron chi connectivity index (χ3n) is 3.33. The molecule has 0 saturated carbocycles. The molecule has 6 heteroatoms. The number of nitrogens with one attached hydrogen (secondary N) is 1. The van der Waals surface area contributed by atoms with Crippen LogP contribution in [0.1, 0.15) is 20.8 Å². The number of nitrogens with zero attached hydrogens (tertiary/aromatic N) is 2. The monoisotopic (exact) mass is 307 g/mol. The van der Waals surface area contributed by atoms with E-state index in [0.29, 0.717) is 11.3 Å². The number of likely N-dealkylation sites (N-methyl/N-ethyl adjacent to an activating group) is 1. The highest BCUT2D eigenvalue weighted by atomic mass is 32.1. The van der Waals surface area contributed by atoms with Crippen molar-refractivity contribution in [2.45, 2.75) is 33.4 Å². The molecule has 1 aromatic carbocycles. The fourth-order valence-corrected chi connectivity index (χ4v) is 2.36. The Balaban J connectivity index is 2.44. The van der Waals surface area contributed by atoms with E-state index in [9.17, 15) is 4.79 Å². The predicted octanol–water partition coefficient (Wildman–Crippen LogP) is 2.96. The number of carbonyl (C=O) groups excluding carboxylic acids is 1. The number of para-hydroxylation sites is 1. The van der Waals surface area contributed by atoms with Gasteiger partial charge >= 0.3 is 0 Å². The molecule has 1 heterocycles. The van der Waals surface area contributed by atoms with Crippen molar-refractivity contribution in [1.82, 2.24) is 14.5 Å². The number of fused-ring (bicyclic) bond motifs is 1. The summed E-state index contributed by atoms with van der Waals surface area (Å²) in [7, 11) is 1.79. The highest BCUT2D eigenvalue weighted by Gasteiger charge is 2.14. The van der Waals surface area contributed by atoms with Crippen molar-refractivity contribution in [1.29, 1.82) is 0 Å². The summed E-state index contributed by atoms with van der Waals surface area (Å²) in [5.41, 5.74) is 1.72. The molecule has 21 heavy (non-hydrogen) atoms. The molecule has 0 spiro atoms. The molecule has 114 valence electrons. The maximum Gasteiger partial charge on any atom is 0.242 e. The molecule has 0 aliphatic carbocycles. The molecule has 0 aliphatic rings. The first kappa shape index (κ1) is 15.6. The largest absolute Gasteiger partial charge is 0.489 e. The van der Waals surface area contributed by atoms with Gasteiger partial charge < -0.3 is 19.2 Å². The second-order valence-electron chi connectivity index (χ2n) is 5.24. The minimum Gasteiger partial charge on any atom is -0.489 e. The van der Waals surface area contributed by atoms with Crippen LogP contribution in [-0.4, -0.2) is 40.1 Å². The van der Waals surface area contributed by atoms with Crippen molar-refractivity contribution < 1.29 is 9.53 Å². The summed E-state index contributed by atoms with van der Waals surface area (Å²) in [5, 5.41) is 0. The van der Waals surface area contributed by atoms with Gasteiger partial charge in [-0.05, 0) is 45.1 Å². The minimum atomic E-state index is 0.0321. The number of aromatic amines is 1. The minimum absolute atomic E-state index is 0.0321. The summed E-state index contributed by atoms with van der Waals surface area (Å²) in [6.07, 6.45) is 0.0776. The fourth-order valence-electron chi connectivity index (χ4n) is 2.10. The van der Waals surface area contributed by atoms with Gasteiger partial charge in [-0.3, -0.25) is 4.79 Å². The fraction of sp³-hybridized carbons (Fsp3) is 0.467. The standard InChI is InChI=1S/C15H21N3O2S/c1-5-17(4)13(19)9-18-11-7-6-8-12(20-10(2)3)14(11)16-15(18)21/h6-8,10H,5,9H2,1-4H3,(H,16,21). The van der Waals surface area contributed by atoms with Crippen molar-refractivity contribution in [3.63, 3.8) is 0 Å². The Morgan fingerprint density at radius 1 is 1.48 bits per heavy atom. The summed E-state index contributed by atoms with van der Waals surface area (Å²) >= 11 is 5.35. The van der Waals surface area contributed by atoms with E-state index in [4.69, 9.17) is 17.0 Å². The lowest BCUT2D eigenvalue weighted by atomic mass is 10.3. The average Bonchev–Trinajstić information content (AvgIpc) is 2.75. The van der Waals surface area contributed by atoms with Crippen molar-refractivity contribution in [3.8, 4) is 5.75 Å². The van der Waals surface area contributed by atoms with Crippen LogP contribution in [0.2, 0.25) is 0 Å². The van der Waals surface area contributed by atoms with Gasteiger partial charge in [0.15, 0.2) is 4.77 Å². The number of hydrogen-bond acceptors (Lipinski definition) is 3. The Labute approximate surface area is 129 Å². The lowest BCUT2D eigenvalue weighted by molar-refractivity contribution is -0.130. The molecule has 1 amide bonds. The lowest BCUT2D eigenvalue weighted by Gasteiger charge is -2.15. The number of carbonyl (C=O) groups is 1. The lowest BCUT2D eigenvalue weighted by Crippen LogP contribution is -2.29. The van der Waals surface area contributed by atoms with Crippen LogP contribution in [0.25, 0.3) is 11.0 Å². The smallest absolute Gasteiger partial charge is 0.242 e. The average molecular weight is 307 g/mol. The van der Waals surface area contributed by atoms with Crippen LogP contribution < -0.4 is 4.74 Å². The summed E-state index contributed by atoms with van der Waals surface area (Å²) < 4.78 is 8.13. The molecule has 0 atom stereocenters. The zero-order valence-electron chi connectivity index (χ0n) is 12.8. The van der Waals surface area contributed by atoms with Crippen LogP contribution in [0.15, 0.2) is 18.2 Å². The molecule has 0 bridgehead atoms. The molecular weight excluding hydrogens is 286 g/mol. The number of ether oxygens (including phenoxy) is 1. The molecule has 1 aromatic heterocycles. The van der Waals surface area contributed by atoms with E-state index in [1.54, 1.807) is 11.9 Å². The van der Waals surface area contributed by atoms with Crippen LogP contribution in [-0.2, 0) is 11.3 Å². The Morgan fingerprint density at radius 2 is 2.19 bits per heavy atom. The van der Waals surface area contributed by atoms with Gasteiger partial charge in [-0.15, -0.1) is 0 Å². The van der Waals surface area contributed by atoms with Crippen molar-refractivity contribution in [2.24, 2.45) is 0 Å². The van der Waals surface area contributed by atoms with E-state index < -0.39 is 0 Å². The van der Waals surface area contributed by atoms with Crippen LogP contribution in [0.5, 0.6) is 5.75 Å². The van der Waals surface area contributed by atoms with E-state index in [2.05, 4.69) is 4.98 Å². The first-order chi connectivity index (χ1) is 9.93. The molecule has 1 N–H and O–H groups in total. The Kier molecular flexibility index (Phi) is 4.67. The molecule has 0 aliphatic heterocycles. The molecule has 0 radical (unpaired) electrons. The topological polar surface area (TPSA) is 50.3 Å². The van der Waals surface area contributed by atoms with E-state index in [0.717, 1.165) is 16.8 Å². The Morgan fingerprint density at radius 3 is 2.81 bits per heavy atom. The van der Waals surface area contributed by atoms with Gasteiger partial charge in [0.1, 0.15) is 17.8 Å². The first-order valence-corrected chi connectivity index (χ1v) is 7.47. The maximum atomic E-state index is 12.1. The SMILES string of the molecule is CCN(C)C(=O)Cn1c(=S)[nH]c2c(OC(C)C)cccc21.